The highest BCUT2D eigenvalue weighted by Crippen LogP contribution is 2.08. The largest absolute Gasteiger partial charge is 0.350 e. The summed E-state index contributed by atoms with van der Waals surface area (Å²) in [6, 6.07) is 14.6. The van der Waals surface area contributed by atoms with Crippen molar-refractivity contribution >= 4 is 16.8 Å². The fourth-order valence-corrected chi connectivity index (χ4v) is 2.52. The molecule has 0 radical (unpaired) electrons. The smallest absolute Gasteiger partial charge is 0.261 e. The number of hydrogen-bond donors (Lipinski definition) is 1. The lowest BCUT2D eigenvalue weighted by molar-refractivity contribution is 0.0943. The van der Waals surface area contributed by atoms with Gasteiger partial charge in [-0.3, -0.25) is 14.2 Å². The molecule has 1 heterocycles. The summed E-state index contributed by atoms with van der Waals surface area (Å²) in [5, 5.41) is 3.46. The zero-order valence-corrected chi connectivity index (χ0v) is 13.7. The van der Waals surface area contributed by atoms with Gasteiger partial charge in [-0.25, -0.2) is 4.98 Å². The molecule has 0 atom stereocenters. The van der Waals surface area contributed by atoms with E-state index in [4.69, 9.17) is 0 Å². The number of hydrogen-bond acceptors (Lipinski definition) is 3. The predicted molar refractivity (Wildman–Crippen MR) is 94.1 cm³/mol. The maximum absolute atomic E-state index is 12.5. The first kappa shape index (κ1) is 15.9. The molecule has 3 aromatic rings. The minimum Gasteiger partial charge on any atom is -0.350 e. The van der Waals surface area contributed by atoms with E-state index in [1.165, 1.54) is 0 Å². The second kappa shape index (κ2) is 6.66. The minimum atomic E-state index is -0.0962. The summed E-state index contributed by atoms with van der Waals surface area (Å²) in [7, 11) is 0. The molecule has 0 aliphatic rings. The molecule has 0 saturated heterocycles. The van der Waals surface area contributed by atoms with Crippen LogP contribution in [0.1, 0.15) is 29.8 Å². The van der Waals surface area contributed by atoms with Crippen LogP contribution in [0.5, 0.6) is 0 Å². The molecule has 0 saturated carbocycles. The molecule has 0 unspecified atom stereocenters. The van der Waals surface area contributed by atoms with E-state index >= 15 is 0 Å². The maximum Gasteiger partial charge on any atom is 0.261 e. The first-order valence-electron chi connectivity index (χ1n) is 7.88. The van der Waals surface area contributed by atoms with E-state index in [1.807, 2.05) is 44.2 Å². The summed E-state index contributed by atoms with van der Waals surface area (Å²) in [6.45, 7) is 4.26. The number of benzene rings is 2. The van der Waals surface area contributed by atoms with E-state index in [0.29, 0.717) is 23.0 Å². The van der Waals surface area contributed by atoms with E-state index in [-0.39, 0.29) is 17.5 Å². The van der Waals surface area contributed by atoms with Crippen LogP contribution in [-0.4, -0.2) is 21.5 Å². The Balaban J connectivity index is 1.83. The van der Waals surface area contributed by atoms with E-state index in [0.717, 1.165) is 5.56 Å². The zero-order valence-electron chi connectivity index (χ0n) is 13.7. The van der Waals surface area contributed by atoms with Crippen LogP contribution in [0.4, 0.5) is 0 Å². The molecule has 122 valence electrons. The summed E-state index contributed by atoms with van der Waals surface area (Å²) in [5.74, 6) is -0.0962. The molecule has 3 rings (SSSR count). The fourth-order valence-electron chi connectivity index (χ4n) is 2.52. The molecule has 2 aromatic carbocycles. The Morgan fingerprint density at radius 2 is 1.83 bits per heavy atom. The molecule has 0 spiro atoms. The number of fused-ring (bicyclic) bond motifs is 1. The van der Waals surface area contributed by atoms with Gasteiger partial charge < -0.3 is 5.32 Å². The third-order valence-corrected chi connectivity index (χ3v) is 3.72. The SMILES string of the molecule is CC(C)NC(=O)c1ccc(Cn2cnc3ccccc3c2=O)cc1. The quantitative estimate of drug-likeness (QED) is 0.803. The average Bonchev–Trinajstić information content (AvgIpc) is 2.57. The Morgan fingerprint density at radius 3 is 2.54 bits per heavy atom. The Kier molecular flexibility index (Phi) is 4.42. The number of rotatable bonds is 4. The molecule has 0 aliphatic carbocycles. The van der Waals surface area contributed by atoms with Gasteiger partial charge in [0.25, 0.3) is 11.5 Å². The van der Waals surface area contributed by atoms with Gasteiger partial charge in [-0.1, -0.05) is 24.3 Å². The van der Waals surface area contributed by atoms with Crippen LogP contribution in [0, 0.1) is 0 Å². The van der Waals surface area contributed by atoms with Gasteiger partial charge in [0, 0.05) is 11.6 Å². The van der Waals surface area contributed by atoms with Gasteiger partial charge in [0.2, 0.25) is 0 Å². The second-order valence-corrected chi connectivity index (χ2v) is 6.02. The van der Waals surface area contributed by atoms with E-state index in [9.17, 15) is 9.59 Å². The predicted octanol–water partition coefficient (Wildman–Crippen LogP) is 2.58. The molecule has 0 fully saturated rings. The van der Waals surface area contributed by atoms with Crippen LogP contribution in [0.25, 0.3) is 10.9 Å². The van der Waals surface area contributed by atoms with Crippen molar-refractivity contribution < 1.29 is 4.79 Å². The summed E-state index contributed by atoms with van der Waals surface area (Å²) in [5.41, 5.74) is 2.17. The van der Waals surface area contributed by atoms with Gasteiger partial charge in [0.15, 0.2) is 0 Å². The van der Waals surface area contributed by atoms with Crippen molar-refractivity contribution in [2.75, 3.05) is 0 Å². The summed E-state index contributed by atoms with van der Waals surface area (Å²) >= 11 is 0. The van der Waals surface area contributed by atoms with Gasteiger partial charge in [-0.05, 0) is 43.7 Å². The van der Waals surface area contributed by atoms with Gasteiger partial charge in [-0.2, -0.15) is 0 Å². The molecular formula is C19H19N3O2. The number of aromatic nitrogens is 2. The van der Waals surface area contributed by atoms with Crippen LogP contribution >= 0.6 is 0 Å². The molecule has 1 amide bonds. The van der Waals surface area contributed by atoms with E-state index < -0.39 is 0 Å². The number of nitrogens with zero attached hydrogens (tertiary/aromatic N) is 2. The standard InChI is InChI=1S/C19H19N3O2/c1-13(2)21-18(23)15-9-7-14(8-10-15)11-22-12-20-17-6-4-3-5-16(17)19(22)24/h3-10,12-13H,11H2,1-2H3,(H,21,23). The summed E-state index contributed by atoms with van der Waals surface area (Å²) < 4.78 is 1.57. The third kappa shape index (κ3) is 3.35. The van der Waals surface area contributed by atoms with Gasteiger partial charge in [-0.15, -0.1) is 0 Å². The van der Waals surface area contributed by atoms with Crippen molar-refractivity contribution in [3.63, 3.8) is 0 Å². The van der Waals surface area contributed by atoms with Crippen LogP contribution in [-0.2, 0) is 6.54 Å². The van der Waals surface area contributed by atoms with Crippen molar-refractivity contribution in [3.05, 3.63) is 76.3 Å². The molecule has 0 bridgehead atoms. The normalized spacial score (nSPS) is 11.0. The third-order valence-electron chi connectivity index (χ3n) is 3.72. The molecule has 5 heteroatoms. The molecule has 1 aromatic heterocycles. The number of carbonyl (C=O) groups is 1. The number of carbonyl (C=O) groups excluding carboxylic acids is 1. The second-order valence-electron chi connectivity index (χ2n) is 6.02. The van der Waals surface area contributed by atoms with Gasteiger partial charge in [0.1, 0.15) is 0 Å². The average molecular weight is 321 g/mol. The Morgan fingerprint density at radius 1 is 1.12 bits per heavy atom. The number of nitrogens with one attached hydrogen (secondary N) is 1. The van der Waals surface area contributed by atoms with Crippen molar-refractivity contribution in [2.24, 2.45) is 0 Å². The Bertz CT molecular complexity index is 927. The lowest BCUT2D eigenvalue weighted by Crippen LogP contribution is -2.30. The number of para-hydroxylation sites is 1. The highest BCUT2D eigenvalue weighted by Gasteiger charge is 2.08. The maximum atomic E-state index is 12.5. The zero-order chi connectivity index (χ0) is 17.1. The number of amides is 1. The lowest BCUT2D eigenvalue weighted by atomic mass is 10.1. The first-order chi connectivity index (χ1) is 11.5. The van der Waals surface area contributed by atoms with E-state index in [1.54, 1.807) is 29.1 Å². The van der Waals surface area contributed by atoms with Crippen LogP contribution in [0.15, 0.2) is 59.7 Å². The van der Waals surface area contributed by atoms with E-state index in [2.05, 4.69) is 10.3 Å². The monoisotopic (exact) mass is 321 g/mol. The fraction of sp³-hybridized carbons (Fsp3) is 0.211. The van der Waals surface area contributed by atoms with Crippen molar-refractivity contribution in [1.82, 2.24) is 14.9 Å². The highest BCUT2D eigenvalue weighted by atomic mass is 16.1. The molecule has 24 heavy (non-hydrogen) atoms. The lowest BCUT2D eigenvalue weighted by Gasteiger charge is -2.10. The van der Waals surface area contributed by atoms with Crippen molar-refractivity contribution in [2.45, 2.75) is 26.4 Å². The first-order valence-corrected chi connectivity index (χ1v) is 7.88. The minimum absolute atomic E-state index is 0.0674. The Labute approximate surface area is 140 Å². The van der Waals surface area contributed by atoms with Gasteiger partial charge >= 0.3 is 0 Å². The van der Waals surface area contributed by atoms with Crippen LogP contribution < -0.4 is 10.9 Å². The Hall–Kier alpha value is -2.95. The van der Waals surface area contributed by atoms with Crippen molar-refractivity contribution in [3.8, 4) is 0 Å². The molecule has 0 aliphatic heterocycles. The molecular weight excluding hydrogens is 302 g/mol. The van der Waals surface area contributed by atoms with Crippen LogP contribution in [0.3, 0.4) is 0 Å². The highest BCUT2D eigenvalue weighted by molar-refractivity contribution is 5.94. The van der Waals surface area contributed by atoms with Crippen molar-refractivity contribution in [1.29, 1.82) is 0 Å². The molecule has 5 nitrogen and oxygen atoms in total. The topological polar surface area (TPSA) is 64.0 Å². The van der Waals surface area contributed by atoms with Crippen LogP contribution in [0.2, 0.25) is 0 Å². The molecule has 1 N–H and O–H groups in total. The summed E-state index contributed by atoms with van der Waals surface area (Å²) in [6.07, 6.45) is 1.56. The van der Waals surface area contributed by atoms with Gasteiger partial charge in [0.05, 0.1) is 23.8 Å². The summed E-state index contributed by atoms with van der Waals surface area (Å²) in [4.78, 5) is 28.8.